The molecule has 0 unspecified atom stereocenters. The van der Waals surface area contributed by atoms with Crippen LogP contribution in [-0.2, 0) is 9.47 Å². The highest BCUT2D eigenvalue weighted by atomic mass is 35.5. The second-order valence-corrected chi connectivity index (χ2v) is 2.72. The highest BCUT2D eigenvalue weighted by Crippen LogP contribution is 2.10. The SMILES string of the molecule is CCOC(OCC)[C@H](C)CCl. The quantitative estimate of drug-likeness (QED) is 0.461. The molecule has 68 valence electrons. The van der Waals surface area contributed by atoms with Crippen molar-refractivity contribution >= 4 is 11.6 Å². The number of rotatable bonds is 6. The molecule has 0 aromatic carbocycles. The van der Waals surface area contributed by atoms with Crippen LogP contribution in [0.2, 0.25) is 0 Å². The van der Waals surface area contributed by atoms with Gasteiger partial charge in [-0.3, -0.25) is 0 Å². The van der Waals surface area contributed by atoms with Crippen molar-refractivity contribution in [3.8, 4) is 0 Å². The number of hydrogen-bond donors (Lipinski definition) is 0. The van der Waals surface area contributed by atoms with E-state index in [-0.39, 0.29) is 12.2 Å². The molecule has 0 amide bonds. The summed E-state index contributed by atoms with van der Waals surface area (Å²) in [6, 6.07) is 0. The molecule has 0 saturated heterocycles. The molecule has 0 aromatic rings. The lowest BCUT2D eigenvalue weighted by molar-refractivity contribution is -0.159. The van der Waals surface area contributed by atoms with Gasteiger partial charge < -0.3 is 9.47 Å². The highest BCUT2D eigenvalue weighted by Gasteiger charge is 2.15. The molecule has 0 radical (unpaired) electrons. The molecule has 0 bridgehead atoms. The van der Waals surface area contributed by atoms with E-state index >= 15 is 0 Å². The zero-order valence-corrected chi connectivity index (χ0v) is 8.23. The standard InChI is InChI=1S/C8H17ClO2/c1-4-10-8(11-5-2)7(3)6-9/h7-8H,4-6H2,1-3H3/t7-/m1/s1. The largest absolute Gasteiger partial charge is 0.353 e. The summed E-state index contributed by atoms with van der Waals surface area (Å²) in [4.78, 5) is 0. The van der Waals surface area contributed by atoms with Crippen LogP contribution in [0.3, 0.4) is 0 Å². The Balaban J connectivity index is 3.66. The molecule has 11 heavy (non-hydrogen) atoms. The van der Waals surface area contributed by atoms with E-state index in [0.29, 0.717) is 19.1 Å². The van der Waals surface area contributed by atoms with Crippen LogP contribution >= 0.6 is 11.6 Å². The minimum Gasteiger partial charge on any atom is -0.353 e. The summed E-state index contributed by atoms with van der Waals surface area (Å²) in [6.07, 6.45) is -0.137. The lowest BCUT2D eigenvalue weighted by atomic mass is 10.2. The molecular formula is C8H17ClO2. The maximum Gasteiger partial charge on any atom is 0.161 e. The molecule has 0 aromatic heterocycles. The van der Waals surface area contributed by atoms with Gasteiger partial charge in [0.05, 0.1) is 0 Å². The van der Waals surface area contributed by atoms with E-state index in [1.54, 1.807) is 0 Å². The summed E-state index contributed by atoms with van der Waals surface area (Å²) in [5.41, 5.74) is 0. The Hall–Kier alpha value is 0.210. The van der Waals surface area contributed by atoms with Crippen LogP contribution in [0.25, 0.3) is 0 Å². The molecular weight excluding hydrogens is 164 g/mol. The van der Waals surface area contributed by atoms with Crippen molar-refractivity contribution in [1.82, 2.24) is 0 Å². The van der Waals surface area contributed by atoms with Crippen LogP contribution < -0.4 is 0 Å². The average molecular weight is 181 g/mol. The smallest absolute Gasteiger partial charge is 0.161 e. The van der Waals surface area contributed by atoms with Gasteiger partial charge in [-0.15, -0.1) is 11.6 Å². The first kappa shape index (κ1) is 11.2. The molecule has 3 heteroatoms. The van der Waals surface area contributed by atoms with E-state index < -0.39 is 0 Å². The summed E-state index contributed by atoms with van der Waals surface area (Å²) >= 11 is 5.66. The first-order valence-corrected chi connectivity index (χ1v) is 4.58. The summed E-state index contributed by atoms with van der Waals surface area (Å²) < 4.78 is 10.7. The van der Waals surface area contributed by atoms with Crippen LogP contribution in [0, 0.1) is 5.92 Å². The zero-order valence-electron chi connectivity index (χ0n) is 7.47. The zero-order chi connectivity index (χ0) is 8.69. The molecule has 0 aliphatic rings. The Morgan fingerprint density at radius 3 is 1.91 bits per heavy atom. The van der Waals surface area contributed by atoms with E-state index in [1.807, 2.05) is 20.8 Å². The molecule has 2 nitrogen and oxygen atoms in total. The van der Waals surface area contributed by atoms with Crippen molar-refractivity contribution in [3.05, 3.63) is 0 Å². The van der Waals surface area contributed by atoms with Gasteiger partial charge in [0.15, 0.2) is 6.29 Å². The summed E-state index contributed by atoms with van der Waals surface area (Å²) in [6.45, 7) is 7.26. The first-order chi connectivity index (χ1) is 5.26. The molecule has 0 aliphatic carbocycles. The second kappa shape index (κ2) is 6.89. The van der Waals surface area contributed by atoms with Crippen LogP contribution in [0.5, 0.6) is 0 Å². The fraction of sp³-hybridized carbons (Fsp3) is 1.00. The fourth-order valence-corrected chi connectivity index (χ4v) is 0.923. The summed E-state index contributed by atoms with van der Waals surface area (Å²) in [5.74, 6) is 0.835. The van der Waals surface area contributed by atoms with Gasteiger partial charge in [-0.25, -0.2) is 0 Å². The van der Waals surface area contributed by atoms with E-state index in [2.05, 4.69) is 0 Å². The topological polar surface area (TPSA) is 18.5 Å². The third-order valence-corrected chi connectivity index (χ3v) is 1.86. The van der Waals surface area contributed by atoms with Crippen LogP contribution in [-0.4, -0.2) is 25.4 Å². The maximum atomic E-state index is 5.66. The molecule has 0 aliphatic heterocycles. The second-order valence-electron chi connectivity index (χ2n) is 2.41. The van der Waals surface area contributed by atoms with Crippen molar-refractivity contribution in [2.45, 2.75) is 27.1 Å². The number of hydrogen-bond acceptors (Lipinski definition) is 2. The van der Waals surface area contributed by atoms with Gasteiger partial charge in [-0.05, 0) is 13.8 Å². The molecule has 0 N–H and O–H groups in total. The molecule has 1 atom stereocenters. The Kier molecular flexibility index (Phi) is 7.02. The van der Waals surface area contributed by atoms with Gasteiger partial charge in [0, 0.05) is 25.0 Å². The Bertz CT molecular complexity index is 82.2. The van der Waals surface area contributed by atoms with Crippen molar-refractivity contribution in [2.75, 3.05) is 19.1 Å². The number of halogens is 1. The van der Waals surface area contributed by atoms with Crippen molar-refractivity contribution in [2.24, 2.45) is 5.92 Å². The minimum absolute atomic E-state index is 0.137. The van der Waals surface area contributed by atoms with Crippen molar-refractivity contribution < 1.29 is 9.47 Å². The third kappa shape index (κ3) is 4.62. The van der Waals surface area contributed by atoms with Crippen LogP contribution in [0.15, 0.2) is 0 Å². The van der Waals surface area contributed by atoms with Gasteiger partial charge in [0.2, 0.25) is 0 Å². The lowest BCUT2D eigenvalue weighted by Crippen LogP contribution is -2.26. The van der Waals surface area contributed by atoms with Crippen LogP contribution in [0.4, 0.5) is 0 Å². The summed E-state index contributed by atoms with van der Waals surface area (Å²) in [7, 11) is 0. The van der Waals surface area contributed by atoms with Gasteiger partial charge >= 0.3 is 0 Å². The van der Waals surface area contributed by atoms with Gasteiger partial charge in [-0.1, -0.05) is 6.92 Å². The Morgan fingerprint density at radius 2 is 1.64 bits per heavy atom. The van der Waals surface area contributed by atoms with Crippen molar-refractivity contribution in [1.29, 1.82) is 0 Å². The predicted molar refractivity (Wildman–Crippen MR) is 46.9 cm³/mol. The normalized spacial score (nSPS) is 13.9. The Labute approximate surface area is 73.8 Å². The average Bonchev–Trinajstić information content (AvgIpc) is 2.03. The molecule has 0 spiro atoms. The minimum atomic E-state index is -0.137. The van der Waals surface area contributed by atoms with E-state index in [1.165, 1.54) is 0 Å². The van der Waals surface area contributed by atoms with Crippen LogP contribution in [0.1, 0.15) is 20.8 Å². The van der Waals surface area contributed by atoms with E-state index in [9.17, 15) is 0 Å². The van der Waals surface area contributed by atoms with Crippen molar-refractivity contribution in [3.63, 3.8) is 0 Å². The maximum absolute atomic E-state index is 5.66. The Morgan fingerprint density at radius 1 is 1.18 bits per heavy atom. The van der Waals surface area contributed by atoms with Gasteiger partial charge in [0.25, 0.3) is 0 Å². The monoisotopic (exact) mass is 180 g/mol. The van der Waals surface area contributed by atoms with E-state index in [4.69, 9.17) is 21.1 Å². The predicted octanol–water partition coefficient (Wildman–Crippen LogP) is 2.26. The third-order valence-electron chi connectivity index (χ3n) is 1.37. The van der Waals surface area contributed by atoms with Gasteiger partial charge in [-0.2, -0.15) is 0 Å². The fourth-order valence-electron chi connectivity index (χ4n) is 0.778. The molecule has 0 saturated carbocycles. The van der Waals surface area contributed by atoms with E-state index in [0.717, 1.165) is 0 Å². The molecule has 0 fully saturated rings. The summed E-state index contributed by atoms with van der Waals surface area (Å²) in [5, 5.41) is 0. The highest BCUT2D eigenvalue weighted by molar-refractivity contribution is 6.18. The van der Waals surface area contributed by atoms with Gasteiger partial charge in [0.1, 0.15) is 0 Å². The number of ether oxygens (including phenoxy) is 2. The number of alkyl halides is 1. The first-order valence-electron chi connectivity index (χ1n) is 4.05. The lowest BCUT2D eigenvalue weighted by Gasteiger charge is -2.21. The molecule has 0 rings (SSSR count). The molecule has 0 heterocycles.